The van der Waals surface area contributed by atoms with Gasteiger partial charge in [-0.25, -0.2) is 4.98 Å². The van der Waals surface area contributed by atoms with E-state index >= 15 is 0 Å². The zero-order valence-electron chi connectivity index (χ0n) is 11.3. The van der Waals surface area contributed by atoms with Crippen LogP contribution < -0.4 is 21.1 Å². The van der Waals surface area contributed by atoms with Gasteiger partial charge in [0.25, 0.3) is 0 Å². The standard InChI is InChI=1S/C14H17N5O/c1-20-12-5-3-2-4-11(12)17-13-9-8-16-7-6-10(9)18-14(15)19-13/h2-5,16H,6-8H2,1H3,(H3,15,17,18,19). The van der Waals surface area contributed by atoms with Crippen LogP contribution in [0.3, 0.4) is 0 Å². The lowest BCUT2D eigenvalue weighted by Crippen LogP contribution is -2.26. The second-order valence-corrected chi connectivity index (χ2v) is 4.61. The van der Waals surface area contributed by atoms with Gasteiger partial charge in [-0.2, -0.15) is 4.98 Å². The Bertz CT molecular complexity index is 629. The van der Waals surface area contributed by atoms with Crippen LogP contribution in [0, 0.1) is 0 Å². The Morgan fingerprint density at radius 1 is 1.30 bits per heavy atom. The Hall–Kier alpha value is -2.34. The number of nitrogen functional groups attached to an aromatic ring is 1. The van der Waals surface area contributed by atoms with E-state index in [4.69, 9.17) is 10.5 Å². The van der Waals surface area contributed by atoms with Gasteiger partial charge >= 0.3 is 0 Å². The molecule has 0 bridgehead atoms. The van der Waals surface area contributed by atoms with Crippen LogP contribution in [0.5, 0.6) is 5.75 Å². The summed E-state index contributed by atoms with van der Waals surface area (Å²) in [6, 6.07) is 7.72. The molecule has 0 saturated carbocycles. The lowest BCUT2D eigenvalue weighted by atomic mass is 10.1. The lowest BCUT2D eigenvalue weighted by Gasteiger charge is -2.20. The highest BCUT2D eigenvalue weighted by Crippen LogP contribution is 2.29. The summed E-state index contributed by atoms with van der Waals surface area (Å²) in [5, 5.41) is 6.62. The first-order valence-electron chi connectivity index (χ1n) is 6.54. The van der Waals surface area contributed by atoms with Crippen molar-refractivity contribution in [2.45, 2.75) is 13.0 Å². The van der Waals surface area contributed by atoms with Crippen molar-refractivity contribution in [3.05, 3.63) is 35.5 Å². The van der Waals surface area contributed by atoms with E-state index in [2.05, 4.69) is 20.6 Å². The molecule has 104 valence electrons. The van der Waals surface area contributed by atoms with Gasteiger partial charge < -0.3 is 21.1 Å². The second kappa shape index (κ2) is 5.34. The molecule has 2 aromatic rings. The van der Waals surface area contributed by atoms with Gasteiger partial charge in [0.2, 0.25) is 5.95 Å². The van der Waals surface area contributed by atoms with Crippen molar-refractivity contribution < 1.29 is 4.74 Å². The molecule has 0 spiro atoms. The molecule has 1 aromatic heterocycles. The van der Waals surface area contributed by atoms with Crippen LogP contribution in [-0.2, 0) is 13.0 Å². The van der Waals surface area contributed by atoms with E-state index in [1.54, 1.807) is 7.11 Å². The van der Waals surface area contributed by atoms with Crippen LogP contribution in [-0.4, -0.2) is 23.6 Å². The zero-order chi connectivity index (χ0) is 13.9. The topological polar surface area (TPSA) is 85.1 Å². The van der Waals surface area contributed by atoms with E-state index in [0.717, 1.165) is 48.0 Å². The van der Waals surface area contributed by atoms with E-state index in [1.165, 1.54) is 0 Å². The lowest BCUT2D eigenvalue weighted by molar-refractivity contribution is 0.417. The SMILES string of the molecule is COc1ccccc1Nc1nc(N)nc2c1CNCC2. The quantitative estimate of drug-likeness (QED) is 0.783. The van der Waals surface area contributed by atoms with Crippen molar-refractivity contribution >= 4 is 17.5 Å². The van der Waals surface area contributed by atoms with Crippen LogP contribution in [0.4, 0.5) is 17.5 Å². The minimum Gasteiger partial charge on any atom is -0.495 e. The van der Waals surface area contributed by atoms with Crippen molar-refractivity contribution in [1.29, 1.82) is 0 Å². The smallest absolute Gasteiger partial charge is 0.222 e. The Morgan fingerprint density at radius 2 is 2.15 bits per heavy atom. The third-order valence-electron chi connectivity index (χ3n) is 3.31. The van der Waals surface area contributed by atoms with Crippen LogP contribution >= 0.6 is 0 Å². The van der Waals surface area contributed by atoms with Gasteiger partial charge in [0.15, 0.2) is 0 Å². The van der Waals surface area contributed by atoms with Gasteiger partial charge in [-0.1, -0.05) is 12.1 Å². The molecule has 1 aliphatic rings. The third kappa shape index (κ3) is 2.37. The van der Waals surface area contributed by atoms with Gasteiger partial charge in [-0.3, -0.25) is 0 Å². The third-order valence-corrected chi connectivity index (χ3v) is 3.31. The second-order valence-electron chi connectivity index (χ2n) is 4.61. The minimum atomic E-state index is 0.294. The Balaban J connectivity index is 2.00. The Kier molecular flexibility index (Phi) is 3.39. The number of nitrogens with two attached hydrogens (primary N) is 1. The molecule has 1 aromatic carbocycles. The van der Waals surface area contributed by atoms with Crippen LogP contribution in [0.15, 0.2) is 24.3 Å². The number of nitrogens with zero attached hydrogens (tertiary/aromatic N) is 2. The van der Waals surface area contributed by atoms with Gasteiger partial charge in [0, 0.05) is 25.1 Å². The molecular weight excluding hydrogens is 254 g/mol. The molecule has 0 radical (unpaired) electrons. The summed E-state index contributed by atoms with van der Waals surface area (Å²) in [6.07, 6.45) is 0.864. The summed E-state index contributed by atoms with van der Waals surface area (Å²) in [5.41, 5.74) is 8.73. The van der Waals surface area contributed by atoms with Crippen LogP contribution in [0.2, 0.25) is 0 Å². The summed E-state index contributed by atoms with van der Waals surface area (Å²) in [4.78, 5) is 8.63. The molecule has 0 amide bonds. The summed E-state index contributed by atoms with van der Waals surface area (Å²) in [5.74, 6) is 1.80. The molecule has 0 unspecified atom stereocenters. The molecule has 1 aliphatic heterocycles. The monoisotopic (exact) mass is 271 g/mol. The van der Waals surface area contributed by atoms with Crippen molar-refractivity contribution in [3.63, 3.8) is 0 Å². The number of para-hydroxylation sites is 2. The Labute approximate surface area is 117 Å². The first-order valence-corrected chi connectivity index (χ1v) is 6.54. The summed E-state index contributed by atoms with van der Waals surface area (Å²) in [6.45, 7) is 1.66. The number of anilines is 3. The number of benzene rings is 1. The van der Waals surface area contributed by atoms with E-state index in [0.29, 0.717) is 5.95 Å². The Morgan fingerprint density at radius 3 is 3.00 bits per heavy atom. The molecule has 2 heterocycles. The molecule has 0 atom stereocenters. The zero-order valence-corrected chi connectivity index (χ0v) is 11.3. The number of methoxy groups -OCH3 is 1. The number of ether oxygens (including phenoxy) is 1. The van der Waals surface area contributed by atoms with Crippen molar-refractivity contribution in [2.24, 2.45) is 0 Å². The summed E-state index contributed by atoms with van der Waals surface area (Å²) < 4.78 is 5.34. The highest BCUT2D eigenvalue weighted by Gasteiger charge is 2.17. The van der Waals surface area contributed by atoms with E-state index < -0.39 is 0 Å². The molecule has 20 heavy (non-hydrogen) atoms. The number of nitrogens with one attached hydrogen (secondary N) is 2. The van der Waals surface area contributed by atoms with Crippen molar-refractivity contribution in [3.8, 4) is 5.75 Å². The highest BCUT2D eigenvalue weighted by atomic mass is 16.5. The van der Waals surface area contributed by atoms with Gasteiger partial charge in [-0.05, 0) is 12.1 Å². The van der Waals surface area contributed by atoms with Gasteiger partial charge in [0.1, 0.15) is 11.6 Å². The summed E-state index contributed by atoms with van der Waals surface area (Å²) >= 11 is 0. The maximum atomic E-state index is 5.79. The predicted octanol–water partition coefficient (Wildman–Crippen LogP) is 1.46. The molecule has 6 heteroatoms. The highest BCUT2D eigenvalue weighted by molar-refractivity contribution is 5.67. The van der Waals surface area contributed by atoms with Crippen LogP contribution in [0.25, 0.3) is 0 Å². The molecule has 0 saturated heterocycles. The maximum Gasteiger partial charge on any atom is 0.222 e. The number of hydrogen-bond acceptors (Lipinski definition) is 6. The maximum absolute atomic E-state index is 5.79. The van der Waals surface area contributed by atoms with E-state index in [9.17, 15) is 0 Å². The minimum absolute atomic E-state index is 0.294. The first kappa shape index (κ1) is 12.7. The first-order chi connectivity index (χ1) is 9.78. The van der Waals surface area contributed by atoms with Crippen molar-refractivity contribution in [2.75, 3.05) is 24.7 Å². The fraction of sp³-hybridized carbons (Fsp3) is 0.286. The molecule has 3 rings (SSSR count). The number of aromatic nitrogens is 2. The number of fused-ring (bicyclic) bond motifs is 1. The fourth-order valence-electron chi connectivity index (χ4n) is 2.34. The molecular formula is C14H17N5O. The molecule has 6 nitrogen and oxygen atoms in total. The van der Waals surface area contributed by atoms with E-state index in [-0.39, 0.29) is 0 Å². The normalized spacial score (nSPS) is 13.7. The van der Waals surface area contributed by atoms with Gasteiger partial charge in [0.05, 0.1) is 18.5 Å². The average Bonchev–Trinajstić information content (AvgIpc) is 2.47. The predicted molar refractivity (Wildman–Crippen MR) is 78.1 cm³/mol. The summed E-state index contributed by atoms with van der Waals surface area (Å²) in [7, 11) is 1.64. The number of rotatable bonds is 3. The largest absolute Gasteiger partial charge is 0.495 e. The van der Waals surface area contributed by atoms with Gasteiger partial charge in [-0.15, -0.1) is 0 Å². The molecule has 4 N–H and O–H groups in total. The average molecular weight is 271 g/mol. The molecule has 0 aliphatic carbocycles. The van der Waals surface area contributed by atoms with E-state index in [1.807, 2.05) is 24.3 Å². The molecule has 0 fully saturated rings. The van der Waals surface area contributed by atoms with Crippen molar-refractivity contribution in [1.82, 2.24) is 15.3 Å². The fourth-order valence-corrected chi connectivity index (χ4v) is 2.34. The van der Waals surface area contributed by atoms with Crippen LogP contribution in [0.1, 0.15) is 11.3 Å². The number of hydrogen-bond donors (Lipinski definition) is 3.